The molecule has 0 aliphatic heterocycles. The summed E-state index contributed by atoms with van der Waals surface area (Å²) in [4.78, 5) is 0. The molecule has 0 bridgehead atoms. The molecule has 2 aromatic carbocycles. The normalized spacial score (nSPS) is 13.6. The Morgan fingerprint density at radius 3 is 1.76 bits per heavy atom. The Bertz CT molecular complexity index is 679. The van der Waals surface area contributed by atoms with Crippen molar-refractivity contribution in [2.45, 2.75) is 77.4 Å². The summed E-state index contributed by atoms with van der Waals surface area (Å²) in [7, 11) is 0. The number of rotatable bonds is 13. The summed E-state index contributed by atoms with van der Waals surface area (Å²) in [5.41, 5.74) is 11.1. The number of aliphatic hydroxyl groups excluding tert-OH is 1. The van der Waals surface area contributed by atoms with Crippen molar-refractivity contribution < 1.29 is 5.11 Å². The number of aliphatic hydroxyl groups is 1. The summed E-state index contributed by atoms with van der Waals surface area (Å²) in [6.07, 6.45) is 6.08. The predicted molar refractivity (Wildman–Crippen MR) is 124 cm³/mol. The van der Waals surface area contributed by atoms with Crippen molar-refractivity contribution in [2.75, 3.05) is 13.1 Å². The topological polar surface area (TPSA) is 58.3 Å². The Balaban J connectivity index is 1.90. The van der Waals surface area contributed by atoms with Crippen molar-refractivity contribution in [2.24, 2.45) is 5.73 Å². The van der Waals surface area contributed by atoms with Crippen molar-refractivity contribution in [3.63, 3.8) is 0 Å². The van der Waals surface area contributed by atoms with E-state index >= 15 is 0 Å². The third kappa shape index (κ3) is 8.69. The van der Waals surface area contributed by atoms with Gasteiger partial charge in [-0.2, -0.15) is 0 Å². The zero-order valence-corrected chi connectivity index (χ0v) is 18.5. The van der Waals surface area contributed by atoms with Gasteiger partial charge in [-0.1, -0.05) is 75.7 Å². The lowest BCUT2D eigenvalue weighted by atomic mass is 9.96. The van der Waals surface area contributed by atoms with Gasteiger partial charge >= 0.3 is 0 Å². The minimum atomic E-state index is -0.476. The number of aryl methyl sites for hydroxylation is 3. The second-order valence-electron chi connectivity index (χ2n) is 8.53. The Hall–Kier alpha value is -1.68. The maximum atomic E-state index is 9.85. The summed E-state index contributed by atoms with van der Waals surface area (Å²) >= 11 is 0. The van der Waals surface area contributed by atoms with E-state index in [-0.39, 0.29) is 0 Å². The van der Waals surface area contributed by atoms with Crippen molar-refractivity contribution in [3.8, 4) is 0 Å². The van der Waals surface area contributed by atoms with Gasteiger partial charge in [-0.3, -0.25) is 0 Å². The monoisotopic (exact) mass is 396 g/mol. The van der Waals surface area contributed by atoms with E-state index in [0.717, 1.165) is 32.1 Å². The summed E-state index contributed by atoms with van der Waals surface area (Å²) in [6, 6.07) is 18.4. The van der Waals surface area contributed by atoms with Gasteiger partial charge < -0.3 is 16.2 Å². The van der Waals surface area contributed by atoms with E-state index in [1.165, 1.54) is 28.7 Å². The van der Waals surface area contributed by atoms with Crippen LogP contribution < -0.4 is 11.1 Å². The maximum absolute atomic E-state index is 9.85. The molecule has 0 radical (unpaired) electrons. The average Bonchev–Trinajstić information content (AvgIpc) is 2.74. The van der Waals surface area contributed by atoms with Crippen LogP contribution in [0.2, 0.25) is 0 Å². The van der Waals surface area contributed by atoms with E-state index in [0.29, 0.717) is 25.0 Å². The van der Waals surface area contributed by atoms with E-state index in [1.807, 2.05) is 0 Å². The highest BCUT2D eigenvalue weighted by molar-refractivity contribution is 5.25. The molecule has 4 N–H and O–H groups in total. The summed E-state index contributed by atoms with van der Waals surface area (Å²) in [6.45, 7) is 7.54. The Kier molecular flexibility index (Phi) is 10.4. The van der Waals surface area contributed by atoms with Crippen LogP contribution in [0.4, 0.5) is 0 Å². The molecule has 2 unspecified atom stereocenters. The molecule has 0 spiro atoms. The van der Waals surface area contributed by atoms with E-state index in [9.17, 15) is 5.11 Å². The van der Waals surface area contributed by atoms with Crippen LogP contribution >= 0.6 is 0 Å². The molecule has 3 heteroatoms. The van der Waals surface area contributed by atoms with Gasteiger partial charge in [-0.15, -0.1) is 0 Å². The molecule has 0 aromatic heterocycles. The fraction of sp³-hybridized carbons (Fsp3) is 0.538. The van der Waals surface area contributed by atoms with Crippen LogP contribution in [-0.2, 0) is 19.3 Å². The average molecular weight is 397 g/mol. The molecule has 0 saturated heterocycles. The van der Waals surface area contributed by atoms with Crippen molar-refractivity contribution >= 4 is 0 Å². The highest BCUT2D eigenvalue weighted by atomic mass is 16.3. The molecule has 0 aliphatic carbocycles. The fourth-order valence-corrected chi connectivity index (χ4v) is 3.65. The molecular weight excluding hydrogens is 356 g/mol. The second-order valence-corrected chi connectivity index (χ2v) is 8.53. The zero-order chi connectivity index (χ0) is 21.1. The smallest absolute Gasteiger partial charge is 0.0786 e. The molecule has 0 heterocycles. The first-order valence-corrected chi connectivity index (χ1v) is 11.3. The van der Waals surface area contributed by atoms with Gasteiger partial charge in [0.2, 0.25) is 0 Å². The standard InChI is InChI=1S/C26H40N2O/c1-4-5-21-6-8-22(9-7-21)12-16-25(28-19-26(29)18-27)17-13-23-10-14-24(15-11-23)20(2)3/h6-11,14-15,20,25-26,28-29H,4-5,12-13,16-19,27H2,1-3H3. The predicted octanol–water partition coefficient (Wildman–Crippen LogP) is 4.61. The van der Waals surface area contributed by atoms with E-state index in [2.05, 4.69) is 74.6 Å². The number of nitrogens with two attached hydrogens (primary N) is 1. The molecule has 2 atom stereocenters. The third-order valence-electron chi connectivity index (χ3n) is 5.69. The molecule has 29 heavy (non-hydrogen) atoms. The van der Waals surface area contributed by atoms with Crippen LogP contribution in [0.3, 0.4) is 0 Å². The van der Waals surface area contributed by atoms with E-state index < -0.39 is 6.10 Å². The largest absolute Gasteiger partial charge is 0.390 e. The minimum Gasteiger partial charge on any atom is -0.390 e. The van der Waals surface area contributed by atoms with Crippen molar-refractivity contribution in [3.05, 3.63) is 70.8 Å². The molecule has 2 aromatic rings. The zero-order valence-electron chi connectivity index (χ0n) is 18.5. The lowest BCUT2D eigenvalue weighted by Crippen LogP contribution is -2.39. The minimum absolute atomic E-state index is 0.301. The first-order chi connectivity index (χ1) is 14.0. The Morgan fingerprint density at radius 1 is 0.828 bits per heavy atom. The van der Waals surface area contributed by atoms with Gasteiger partial charge in [0.25, 0.3) is 0 Å². The van der Waals surface area contributed by atoms with Crippen molar-refractivity contribution in [1.29, 1.82) is 0 Å². The Morgan fingerprint density at radius 2 is 1.31 bits per heavy atom. The quantitative estimate of drug-likeness (QED) is 0.463. The van der Waals surface area contributed by atoms with Crippen LogP contribution in [0.1, 0.15) is 68.2 Å². The van der Waals surface area contributed by atoms with Gasteiger partial charge in [0, 0.05) is 19.1 Å². The molecule has 0 saturated carbocycles. The summed E-state index contributed by atoms with van der Waals surface area (Å²) < 4.78 is 0. The number of nitrogens with one attached hydrogen (secondary N) is 1. The fourth-order valence-electron chi connectivity index (χ4n) is 3.65. The molecule has 0 fully saturated rings. The molecule has 0 amide bonds. The molecular formula is C26H40N2O. The third-order valence-corrected chi connectivity index (χ3v) is 5.69. The first-order valence-electron chi connectivity index (χ1n) is 11.3. The summed E-state index contributed by atoms with van der Waals surface area (Å²) in [5.74, 6) is 0.569. The van der Waals surface area contributed by atoms with Crippen LogP contribution in [-0.4, -0.2) is 30.3 Å². The van der Waals surface area contributed by atoms with Gasteiger partial charge in [-0.25, -0.2) is 0 Å². The molecule has 2 rings (SSSR count). The number of benzene rings is 2. The molecule has 160 valence electrons. The van der Waals surface area contributed by atoms with Gasteiger partial charge in [0.05, 0.1) is 6.10 Å². The van der Waals surface area contributed by atoms with Crippen LogP contribution in [0, 0.1) is 0 Å². The maximum Gasteiger partial charge on any atom is 0.0786 e. The number of hydrogen-bond acceptors (Lipinski definition) is 3. The molecule has 0 aliphatic rings. The van der Waals surface area contributed by atoms with E-state index in [4.69, 9.17) is 5.73 Å². The number of hydrogen-bond donors (Lipinski definition) is 3. The second kappa shape index (κ2) is 12.8. The lowest BCUT2D eigenvalue weighted by molar-refractivity contribution is 0.173. The first kappa shape index (κ1) is 23.6. The van der Waals surface area contributed by atoms with Crippen LogP contribution in [0.25, 0.3) is 0 Å². The Labute approximate surface area is 177 Å². The lowest BCUT2D eigenvalue weighted by Gasteiger charge is -2.21. The van der Waals surface area contributed by atoms with Gasteiger partial charge in [-0.05, 0) is 60.3 Å². The van der Waals surface area contributed by atoms with Gasteiger partial charge in [0.1, 0.15) is 0 Å². The summed E-state index contributed by atoms with van der Waals surface area (Å²) in [5, 5.41) is 13.4. The van der Waals surface area contributed by atoms with E-state index in [1.54, 1.807) is 0 Å². The molecule has 3 nitrogen and oxygen atoms in total. The highest BCUT2D eigenvalue weighted by Gasteiger charge is 2.12. The van der Waals surface area contributed by atoms with Gasteiger partial charge in [0.15, 0.2) is 0 Å². The van der Waals surface area contributed by atoms with Crippen LogP contribution in [0.5, 0.6) is 0 Å². The van der Waals surface area contributed by atoms with Crippen molar-refractivity contribution in [1.82, 2.24) is 5.32 Å². The van der Waals surface area contributed by atoms with Crippen LogP contribution in [0.15, 0.2) is 48.5 Å². The highest BCUT2D eigenvalue weighted by Crippen LogP contribution is 2.17. The SMILES string of the molecule is CCCc1ccc(CCC(CCc2ccc(C(C)C)cc2)NCC(O)CN)cc1.